The first-order valence-electron chi connectivity index (χ1n) is 7.69. The number of hydrogen-bond acceptors (Lipinski definition) is 4. The second-order valence-electron chi connectivity index (χ2n) is 5.60. The Morgan fingerprint density at radius 3 is 2.80 bits per heavy atom. The largest absolute Gasteiger partial charge is 0.325 e. The molecule has 7 heteroatoms. The van der Waals surface area contributed by atoms with Gasteiger partial charge in [-0.3, -0.25) is 9.36 Å². The van der Waals surface area contributed by atoms with Gasteiger partial charge in [-0.05, 0) is 55.3 Å². The van der Waals surface area contributed by atoms with Gasteiger partial charge < -0.3 is 5.32 Å². The lowest BCUT2D eigenvalue weighted by Gasteiger charge is -2.08. The van der Waals surface area contributed by atoms with Gasteiger partial charge in [0.25, 0.3) is 0 Å². The quantitative estimate of drug-likeness (QED) is 0.679. The summed E-state index contributed by atoms with van der Waals surface area (Å²) in [6, 6.07) is 13.3. The van der Waals surface area contributed by atoms with Crippen LogP contribution in [0.1, 0.15) is 11.1 Å². The van der Waals surface area contributed by atoms with Gasteiger partial charge in [0, 0.05) is 10.7 Å². The average molecular weight is 373 g/mol. The van der Waals surface area contributed by atoms with Crippen molar-refractivity contribution in [1.82, 2.24) is 14.8 Å². The minimum absolute atomic E-state index is 0.0890. The Bertz CT molecular complexity index is 910. The van der Waals surface area contributed by atoms with Crippen LogP contribution in [-0.4, -0.2) is 26.4 Å². The third-order valence-corrected chi connectivity index (χ3v) is 4.90. The maximum absolute atomic E-state index is 12.2. The normalized spacial score (nSPS) is 10.7. The van der Waals surface area contributed by atoms with E-state index in [0.717, 1.165) is 16.9 Å². The van der Waals surface area contributed by atoms with E-state index in [4.69, 9.17) is 11.6 Å². The van der Waals surface area contributed by atoms with Crippen LogP contribution in [-0.2, 0) is 4.79 Å². The number of thioether (sulfide) groups is 1. The van der Waals surface area contributed by atoms with Gasteiger partial charge in [0.1, 0.15) is 6.33 Å². The first-order chi connectivity index (χ1) is 12.0. The number of hydrogen-bond donors (Lipinski definition) is 1. The van der Waals surface area contributed by atoms with Crippen molar-refractivity contribution in [2.24, 2.45) is 0 Å². The van der Waals surface area contributed by atoms with Crippen molar-refractivity contribution >= 4 is 35.0 Å². The summed E-state index contributed by atoms with van der Waals surface area (Å²) in [6.07, 6.45) is 1.61. The zero-order chi connectivity index (χ0) is 17.8. The van der Waals surface area contributed by atoms with Gasteiger partial charge in [-0.15, -0.1) is 10.2 Å². The van der Waals surface area contributed by atoms with Crippen molar-refractivity contribution < 1.29 is 4.79 Å². The monoisotopic (exact) mass is 372 g/mol. The second kappa shape index (κ2) is 7.72. The number of carbonyl (C=O) groups is 1. The van der Waals surface area contributed by atoms with Gasteiger partial charge in [-0.2, -0.15) is 0 Å². The molecule has 3 aromatic rings. The molecular formula is C18H17ClN4OS. The smallest absolute Gasteiger partial charge is 0.234 e. The number of benzene rings is 2. The minimum Gasteiger partial charge on any atom is -0.325 e. The van der Waals surface area contributed by atoms with Crippen molar-refractivity contribution in [2.45, 2.75) is 19.0 Å². The Morgan fingerprint density at radius 1 is 1.20 bits per heavy atom. The van der Waals surface area contributed by atoms with Crippen molar-refractivity contribution in [3.8, 4) is 5.69 Å². The van der Waals surface area contributed by atoms with E-state index in [0.29, 0.717) is 10.2 Å². The molecule has 128 valence electrons. The Balaban J connectivity index is 1.65. The Kier molecular flexibility index (Phi) is 5.40. The van der Waals surface area contributed by atoms with E-state index in [1.54, 1.807) is 17.0 Å². The summed E-state index contributed by atoms with van der Waals surface area (Å²) < 4.78 is 1.81. The molecule has 0 spiro atoms. The summed E-state index contributed by atoms with van der Waals surface area (Å²) in [5, 5.41) is 12.2. The maximum Gasteiger partial charge on any atom is 0.234 e. The number of aromatic nitrogens is 3. The summed E-state index contributed by atoms with van der Waals surface area (Å²) >= 11 is 7.35. The van der Waals surface area contributed by atoms with E-state index in [2.05, 4.69) is 15.5 Å². The number of anilines is 1. The van der Waals surface area contributed by atoms with Crippen molar-refractivity contribution in [2.75, 3.05) is 11.1 Å². The van der Waals surface area contributed by atoms with Crippen LogP contribution in [0.15, 0.2) is 53.9 Å². The molecule has 0 aliphatic carbocycles. The Labute approximate surface area is 155 Å². The molecule has 25 heavy (non-hydrogen) atoms. The number of rotatable bonds is 5. The fraction of sp³-hybridized carbons (Fsp3) is 0.167. The predicted molar refractivity (Wildman–Crippen MR) is 102 cm³/mol. The first kappa shape index (κ1) is 17.5. The molecule has 1 N–H and O–H groups in total. The molecule has 0 fully saturated rings. The van der Waals surface area contributed by atoms with Crippen LogP contribution in [0.5, 0.6) is 0 Å². The lowest BCUT2D eigenvalue weighted by molar-refractivity contribution is -0.113. The topological polar surface area (TPSA) is 59.8 Å². The molecule has 5 nitrogen and oxygen atoms in total. The molecule has 0 aliphatic rings. The number of nitrogens with one attached hydrogen (secondary N) is 1. The number of carbonyl (C=O) groups excluding carboxylic acids is 1. The fourth-order valence-corrected chi connectivity index (χ4v) is 3.19. The van der Waals surface area contributed by atoms with Gasteiger partial charge >= 0.3 is 0 Å². The Hall–Kier alpha value is -2.31. The van der Waals surface area contributed by atoms with Crippen LogP contribution < -0.4 is 5.32 Å². The van der Waals surface area contributed by atoms with Crippen LogP contribution in [0.4, 0.5) is 5.69 Å². The van der Waals surface area contributed by atoms with Crippen LogP contribution in [0.25, 0.3) is 5.69 Å². The van der Waals surface area contributed by atoms with Gasteiger partial charge in [-0.1, -0.05) is 35.5 Å². The predicted octanol–water partition coefficient (Wildman–Crippen LogP) is 4.27. The van der Waals surface area contributed by atoms with E-state index >= 15 is 0 Å². The third-order valence-electron chi connectivity index (χ3n) is 3.73. The molecule has 0 saturated carbocycles. The molecule has 1 amide bonds. The van der Waals surface area contributed by atoms with Gasteiger partial charge in [0.2, 0.25) is 5.91 Å². The third kappa shape index (κ3) is 4.41. The van der Waals surface area contributed by atoms with Crippen molar-refractivity contribution in [3.63, 3.8) is 0 Å². The highest BCUT2D eigenvalue weighted by Gasteiger charge is 2.11. The van der Waals surface area contributed by atoms with Crippen LogP contribution in [0, 0.1) is 13.8 Å². The molecule has 2 aromatic carbocycles. The zero-order valence-electron chi connectivity index (χ0n) is 13.9. The maximum atomic E-state index is 12.2. The lowest BCUT2D eigenvalue weighted by Crippen LogP contribution is -2.14. The standard InChI is InChI=1S/C18H17ClN4OS/c1-12-6-7-15(8-13(12)2)21-17(24)10-25-18-22-20-11-23(18)16-5-3-4-14(19)9-16/h3-9,11H,10H2,1-2H3,(H,21,24). The highest BCUT2D eigenvalue weighted by Crippen LogP contribution is 2.22. The van der Waals surface area contributed by atoms with Gasteiger partial charge in [-0.25, -0.2) is 0 Å². The summed E-state index contributed by atoms with van der Waals surface area (Å²) in [6.45, 7) is 4.06. The summed E-state index contributed by atoms with van der Waals surface area (Å²) in [7, 11) is 0. The molecule has 0 saturated heterocycles. The molecule has 0 atom stereocenters. The molecule has 0 radical (unpaired) electrons. The SMILES string of the molecule is Cc1ccc(NC(=O)CSc2nncn2-c2cccc(Cl)c2)cc1C. The molecule has 3 rings (SSSR count). The highest BCUT2D eigenvalue weighted by molar-refractivity contribution is 7.99. The summed E-state index contributed by atoms with van der Waals surface area (Å²) in [4.78, 5) is 12.2. The number of nitrogens with zero attached hydrogens (tertiary/aromatic N) is 3. The van der Waals surface area contributed by atoms with Crippen LogP contribution in [0.2, 0.25) is 5.02 Å². The first-order valence-corrected chi connectivity index (χ1v) is 9.05. The molecule has 0 aliphatic heterocycles. The van der Waals surface area contributed by atoms with Crippen LogP contribution in [0.3, 0.4) is 0 Å². The van der Waals surface area contributed by atoms with E-state index in [-0.39, 0.29) is 11.7 Å². The highest BCUT2D eigenvalue weighted by atomic mass is 35.5. The number of halogens is 1. The number of aryl methyl sites for hydroxylation is 2. The van der Waals surface area contributed by atoms with Crippen LogP contribution >= 0.6 is 23.4 Å². The van der Waals surface area contributed by atoms with E-state index < -0.39 is 0 Å². The van der Waals surface area contributed by atoms with E-state index in [9.17, 15) is 4.79 Å². The second-order valence-corrected chi connectivity index (χ2v) is 6.98. The molecule has 0 bridgehead atoms. The summed E-state index contributed by atoms with van der Waals surface area (Å²) in [5.74, 6) is 0.153. The molecule has 0 unspecified atom stereocenters. The van der Waals surface area contributed by atoms with Crippen molar-refractivity contribution in [1.29, 1.82) is 0 Å². The molecule has 1 aromatic heterocycles. The van der Waals surface area contributed by atoms with E-state index in [1.165, 1.54) is 17.3 Å². The lowest BCUT2D eigenvalue weighted by atomic mass is 10.1. The fourth-order valence-electron chi connectivity index (χ4n) is 2.27. The van der Waals surface area contributed by atoms with Gasteiger partial charge in [0.05, 0.1) is 11.4 Å². The number of amides is 1. The summed E-state index contributed by atoms with van der Waals surface area (Å²) in [5.41, 5.74) is 3.99. The molecule has 1 heterocycles. The average Bonchev–Trinajstić information content (AvgIpc) is 3.05. The zero-order valence-corrected chi connectivity index (χ0v) is 15.4. The van der Waals surface area contributed by atoms with E-state index in [1.807, 2.05) is 50.2 Å². The molecular weight excluding hydrogens is 356 g/mol. The minimum atomic E-state index is -0.0890. The van der Waals surface area contributed by atoms with Gasteiger partial charge in [0.15, 0.2) is 5.16 Å². The Morgan fingerprint density at radius 2 is 2.04 bits per heavy atom. The van der Waals surface area contributed by atoms with Crippen molar-refractivity contribution in [3.05, 3.63) is 64.9 Å².